The van der Waals surface area contributed by atoms with Crippen molar-refractivity contribution in [1.29, 1.82) is 0 Å². The first-order valence-corrected chi connectivity index (χ1v) is 11.0. The van der Waals surface area contributed by atoms with E-state index in [4.69, 9.17) is 23.8 Å². The van der Waals surface area contributed by atoms with Crippen LogP contribution in [0.4, 0.5) is 5.69 Å². The van der Waals surface area contributed by atoms with Crippen LogP contribution in [0.2, 0.25) is 5.02 Å². The topological polar surface area (TPSA) is 70.2 Å². The highest BCUT2D eigenvalue weighted by atomic mass is 35.5. The average molecular weight is 444 g/mol. The number of benzene rings is 2. The summed E-state index contributed by atoms with van der Waals surface area (Å²) in [6, 6.07) is 14.8. The van der Waals surface area contributed by atoms with Crippen LogP contribution in [-0.2, 0) is 11.2 Å². The van der Waals surface area contributed by atoms with E-state index in [0.717, 1.165) is 31.2 Å². The van der Waals surface area contributed by atoms with Crippen molar-refractivity contribution in [2.24, 2.45) is 0 Å². The molecule has 0 aliphatic heterocycles. The van der Waals surface area contributed by atoms with Crippen LogP contribution < -0.4 is 16.0 Å². The minimum Gasteiger partial charge on any atom is -0.349 e. The summed E-state index contributed by atoms with van der Waals surface area (Å²) in [6.45, 7) is 0. The summed E-state index contributed by atoms with van der Waals surface area (Å²) in [7, 11) is 0. The lowest BCUT2D eigenvalue weighted by Gasteiger charge is -2.22. The van der Waals surface area contributed by atoms with Crippen molar-refractivity contribution in [3.63, 3.8) is 0 Å². The van der Waals surface area contributed by atoms with Gasteiger partial charge in [-0.3, -0.25) is 9.59 Å². The minimum absolute atomic E-state index is 0.0831. The van der Waals surface area contributed by atoms with Crippen LogP contribution in [-0.4, -0.2) is 23.0 Å². The number of anilines is 1. The molecule has 30 heavy (non-hydrogen) atoms. The van der Waals surface area contributed by atoms with Gasteiger partial charge in [0.25, 0.3) is 5.91 Å². The Hall–Kier alpha value is -2.44. The maximum absolute atomic E-state index is 12.5. The van der Waals surface area contributed by atoms with E-state index in [9.17, 15) is 9.59 Å². The van der Waals surface area contributed by atoms with Crippen LogP contribution in [0.3, 0.4) is 0 Å². The molecule has 0 bridgehead atoms. The molecule has 1 aliphatic rings. The van der Waals surface area contributed by atoms with E-state index < -0.39 is 0 Å². The molecule has 0 radical (unpaired) electrons. The second-order valence-electron chi connectivity index (χ2n) is 7.48. The molecule has 2 aromatic carbocycles. The third-order valence-corrected chi connectivity index (χ3v) is 5.73. The molecule has 5 nitrogen and oxygen atoms in total. The van der Waals surface area contributed by atoms with Crippen molar-refractivity contribution in [1.82, 2.24) is 10.6 Å². The number of hydrogen-bond acceptors (Lipinski definition) is 3. The van der Waals surface area contributed by atoms with Crippen molar-refractivity contribution in [3.05, 3.63) is 64.7 Å². The zero-order valence-electron chi connectivity index (χ0n) is 16.7. The van der Waals surface area contributed by atoms with Gasteiger partial charge in [0.05, 0.1) is 0 Å². The highest BCUT2D eigenvalue weighted by molar-refractivity contribution is 7.80. The van der Waals surface area contributed by atoms with Gasteiger partial charge in [0.1, 0.15) is 0 Å². The van der Waals surface area contributed by atoms with Crippen LogP contribution in [0, 0.1) is 0 Å². The lowest BCUT2D eigenvalue weighted by atomic mass is 9.95. The van der Waals surface area contributed by atoms with Gasteiger partial charge in [-0.05, 0) is 61.3 Å². The number of hydrogen-bond donors (Lipinski definition) is 3. The number of nitrogens with one attached hydrogen (secondary N) is 3. The molecule has 1 fully saturated rings. The summed E-state index contributed by atoms with van der Waals surface area (Å²) in [5.74, 6) is -0.279. The highest BCUT2D eigenvalue weighted by Crippen LogP contribution is 2.19. The van der Waals surface area contributed by atoms with Gasteiger partial charge in [-0.2, -0.15) is 0 Å². The average Bonchev–Trinajstić information content (AvgIpc) is 2.74. The van der Waals surface area contributed by atoms with Gasteiger partial charge in [0.15, 0.2) is 5.11 Å². The molecule has 3 N–H and O–H groups in total. The second-order valence-corrected chi connectivity index (χ2v) is 8.30. The fraction of sp³-hybridized carbons (Fsp3) is 0.348. The molecule has 3 rings (SSSR count). The van der Waals surface area contributed by atoms with E-state index in [1.54, 1.807) is 30.3 Å². The molecule has 2 aromatic rings. The molecule has 0 unspecified atom stereocenters. The molecule has 158 valence electrons. The van der Waals surface area contributed by atoms with E-state index in [2.05, 4.69) is 16.0 Å². The Bertz CT molecular complexity index is 913. The van der Waals surface area contributed by atoms with E-state index >= 15 is 0 Å². The minimum atomic E-state index is -0.196. The summed E-state index contributed by atoms with van der Waals surface area (Å²) in [6.07, 6.45) is 6.45. The summed E-state index contributed by atoms with van der Waals surface area (Å²) >= 11 is 11.4. The molecule has 2 amide bonds. The van der Waals surface area contributed by atoms with Crippen molar-refractivity contribution in [2.45, 2.75) is 51.0 Å². The van der Waals surface area contributed by atoms with Gasteiger partial charge in [-0.15, -0.1) is 0 Å². The van der Waals surface area contributed by atoms with E-state index in [1.165, 1.54) is 6.42 Å². The lowest BCUT2D eigenvalue weighted by Crippen LogP contribution is -2.36. The maximum Gasteiger partial charge on any atom is 0.251 e. The molecule has 0 heterocycles. The van der Waals surface area contributed by atoms with Crippen LogP contribution in [0.5, 0.6) is 0 Å². The summed E-state index contributed by atoms with van der Waals surface area (Å²) in [5.41, 5.74) is 2.14. The van der Waals surface area contributed by atoms with Crippen LogP contribution in [0.15, 0.2) is 48.5 Å². The number of rotatable bonds is 6. The molecule has 0 spiro atoms. The third-order valence-electron chi connectivity index (χ3n) is 5.16. The van der Waals surface area contributed by atoms with Gasteiger partial charge in [-0.25, -0.2) is 0 Å². The Morgan fingerprint density at radius 3 is 2.57 bits per heavy atom. The largest absolute Gasteiger partial charge is 0.349 e. The van der Waals surface area contributed by atoms with Crippen LogP contribution in [0.25, 0.3) is 0 Å². The van der Waals surface area contributed by atoms with Crippen molar-refractivity contribution >= 4 is 46.4 Å². The van der Waals surface area contributed by atoms with E-state index in [1.807, 2.05) is 18.2 Å². The Morgan fingerprint density at radius 1 is 1.03 bits per heavy atom. The fourth-order valence-corrected chi connectivity index (χ4v) is 4.02. The smallest absolute Gasteiger partial charge is 0.251 e. The van der Waals surface area contributed by atoms with Gasteiger partial charge in [0, 0.05) is 28.7 Å². The number of carbonyl (C=O) groups excluding carboxylic acids is 2. The first-order valence-electron chi connectivity index (χ1n) is 10.3. The summed E-state index contributed by atoms with van der Waals surface area (Å²) in [4.78, 5) is 24.7. The van der Waals surface area contributed by atoms with Gasteiger partial charge >= 0.3 is 0 Å². The zero-order valence-corrected chi connectivity index (χ0v) is 18.3. The van der Waals surface area contributed by atoms with E-state index in [0.29, 0.717) is 22.7 Å². The van der Waals surface area contributed by atoms with Gasteiger partial charge in [-0.1, -0.05) is 55.1 Å². The number of carbonyl (C=O) groups is 2. The summed E-state index contributed by atoms with van der Waals surface area (Å²) < 4.78 is 0. The summed E-state index contributed by atoms with van der Waals surface area (Å²) in [5, 5.41) is 9.60. The van der Waals surface area contributed by atoms with Crippen molar-refractivity contribution in [2.75, 3.05) is 5.32 Å². The number of amides is 2. The van der Waals surface area contributed by atoms with E-state index in [-0.39, 0.29) is 29.4 Å². The van der Waals surface area contributed by atoms with Crippen LogP contribution >= 0.6 is 23.8 Å². The Kier molecular flexibility index (Phi) is 8.22. The molecular formula is C23H26ClN3O2S. The molecule has 1 aliphatic carbocycles. The molecule has 0 aromatic heterocycles. The molecule has 0 saturated heterocycles. The molecule has 0 atom stereocenters. The number of thiocarbonyl (C=S) groups is 1. The molecule has 7 heteroatoms. The number of aryl methyl sites for hydroxylation is 1. The second kappa shape index (κ2) is 11.1. The number of halogens is 1. The first kappa shape index (κ1) is 22.2. The van der Waals surface area contributed by atoms with Gasteiger partial charge < -0.3 is 16.0 Å². The van der Waals surface area contributed by atoms with Crippen molar-refractivity contribution in [3.8, 4) is 0 Å². The predicted octanol–water partition coefficient (Wildman–Crippen LogP) is 4.85. The first-order chi connectivity index (χ1) is 14.5. The third kappa shape index (κ3) is 6.82. The SMILES string of the molecule is O=C(CCc1ccccc1Cl)NC(=S)Nc1cccc(C(=O)NC2CCCCC2)c1. The van der Waals surface area contributed by atoms with Crippen LogP contribution in [0.1, 0.15) is 54.4 Å². The lowest BCUT2D eigenvalue weighted by molar-refractivity contribution is -0.119. The van der Waals surface area contributed by atoms with Crippen molar-refractivity contribution < 1.29 is 9.59 Å². The normalized spacial score (nSPS) is 14.0. The Morgan fingerprint density at radius 2 is 1.80 bits per heavy atom. The highest BCUT2D eigenvalue weighted by Gasteiger charge is 2.17. The van der Waals surface area contributed by atoms with Gasteiger partial charge in [0.2, 0.25) is 5.91 Å². The molecular weight excluding hydrogens is 418 g/mol. The molecule has 1 saturated carbocycles. The quantitative estimate of drug-likeness (QED) is 0.558. The standard InChI is InChI=1S/C23H26ClN3O2S/c24-20-12-5-4-7-16(20)13-14-21(28)27-23(30)26-19-11-6-8-17(15-19)22(29)25-18-9-2-1-3-10-18/h4-8,11-12,15,18H,1-3,9-10,13-14H2,(H,25,29)(H2,26,27,28,30). The Balaban J connectivity index is 1.48. The predicted molar refractivity (Wildman–Crippen MR) is 125 cm³/mol. The zero-order chi connectivity index (χ0) is 21.3. The fourth-order valence-electron chi connectivity index (χ4n) is 3.55. The maximum atomic E-state index is 12.5. The Labute approximate surface area is 187 Å². The monoisotopic (exact) mass is 443 g/mol.